The van der Waals surface area contributed by atoms with E-state index >= 15 is 0 Å². The van der Waals surface area contributed by atoms with E-state index in [0.717, 1.165) is 54.3 Å². The van der Waals surface area contributed by atoms with Gasteiger partial charge in [-0.3, -0.25) is 0 Å². The Morgan fingerprint density at radius 3 is 2.58 bits per heavy atom. The first-order chi connectivity index (χ1) is 12.5. The van der Waals surface area contributed by atoms with Crippen molar-refractivity contribution in [2.24, 2.45) is 0 Å². The van der Waals surface area contributed by atoms with E-state index in [0.29, 0.717) is 5.75 Å². The smallest absolute Gasteiger partial charge is 0.181 e. The highest BCUT2D eigenvalue weighted by Crippen LogP contribution is 2.27. The number of aromatic nitrogens is 4. The van der Waals surface area contributed by atoms with E-state index in [1.165, 1.54) is 12.1 Å². The predicted octanol–water partition coefficient (Wildman–Crippen LogP) is 3.24. The largest absolute Gasteiger partial charge is 0.490 e. The van der Waals surface area contributed by atoms with Gasteiger partial charge in [0.05, 0.1) is 0 Å². The number of halogens is 1. The summed E-state index contributed by atoms with van der Waals surface area (Å²) >= 11 is 0. The van der Waals surface area contributed by atoms with E-state index in [-0.39, 0.29) is 11.9 Å². The Morgan fingerprint density at radius 1 is 1.08 bits per heavy atom. The van der Waals surface area contributed by atoms with Crippen LogP contribution in [0.3, 0.4) is 0 Å². The number of nitrogens with zero attached hydrogens (tertiary/aromatic N) is 5. The van der Waals surface area contributed by atoms with Crippen LogP contribution >= 0.6 is 0 Å². The van der Waals surface area contributed by atoms with Gasteiger partial charge in [-0.05, 0) is 32.9 Å². The van der Waals surface area contributed by atoms with Crippen LogP contribution in [0.5, 0.6) is 5.75 Å². The van der Waals surface area contributed by atoms with Gasteiger partial charge in [0.15, 0.2) is 17.3 Å². The van der Waals surface area contributed by atoms with Gasteiger partial charge in [-0.2, -0.15) is 4.52 Å². The normalized spacial score (nSPS) is 15.6. The number of piperidine rings is 1. The number of hydrogen-bond acceptors (Lipinski definition) is 5. The molecule has 4 rings (SSSR count). The van der Waals surface area contributed by atoms with E-state index < -0.39 is 0 Å². The van der Waals surface area contributed by atoms with Gasteiger partial charge in [0.1, 0.15) is 17.7 Å². The Bertz CT molecular complexity index is 946. The van der Waals surface area contributed by atoms with Crippen LogP contribution in [-0.2, 0) is 0 Å². The van der Waals surface area contributed by atoms with Gasteiger partial charge >= 0.3 is 0 Å². The highest BCUT2D eigenvalue weighted by molar-refractivity contribution is 5.59. The van der Waals surface area contributed by atoms with E-state index in [4.69, 9.17) is 9.84 Å². The average molecular weight is 355 g/mol. The van der Waals surface area contributed by atoms with Crippen LogP contribution in [0.15, 0.2) is 24.3 Å². The summed E-state index contributed by atoms with van der Waals surface area (Å²) in [4.78, 5) is 2.28. The van der Waals surface area contributed by atoms with Crippen LogP contribution in [0, 0.1) is 26.6 Å². The molecule has 0 amide bonds. The SMILES string of the molecule is Cc1c(N2CCC(Oc3cccc(F)c3)CC2)nn2c(C)nnc2c1C. The molecule has 0 spiro atoms. The van der Waals surface area contributed by atoms with E-state index in [1.807, 2.05) is 11.4 Å². The number of ether oxygens (including phenoxy) is 1. The maximum atomic E-state index is 13.3. The molecule has 0 radical (unpaired) electrons. The van der Waals surface area contributed by atoms with Crippen LogP contribution in [0.4, 0.5) is 10.2 Å². The van der Waals surface area contributed by atoms with Gasteiger partial charge in [-0.1, -0.05) is 6.07 Å². The molecule has 2 aromatic heterocycles. The molecule has 7 heteroatoms. The van der Waals surface area contributed by atoms with Crippen LogP contribution in [0.2, 0.25) is 0 Å². The molecule has 6 nitrogen and oxygen atoms in total. The molecule has 26 heavy (non-hydrogen) atoms. The first-order valence-electron chi connectivity index (χ1n) is 8.89. The molecule has 1 aliphatic heterocycles. The minimum Gasteiger partial charge on any atom is -0.490 e. The standard InChI is InChI=1S/C19H22FN5O/c1-12-13(2)19(23-25-14(3)21-22-18(12)25)24-9-7-16(8-10-24)26-17-6-4-5-15(20)11-17/h4-6,11,16H,7-10H2,1-3H3. The Kier molecular flexibility index (Phi) is 4.22. The zero-order valence-corrected chi connectivity index (χ0v) is 15.2. The number of benzene rings is 1. The second kappa shape index (κ2) is 6.55. The van der Waals surface area contributed by atoms with Crippen LogP contribution in [0.1, 0.15) is 29.8 Å². The summed E-state index contributed by atoms with van der Waals surface area (Å²) in [5.41, 5.74) is 3.05. The van der Waals surface area contributed by atoms with Crippen LogP contribution in [-0.4, -0.2) is 39.0 Å². The summed E-state index contributed by atoms with van der Waals surface area (Å²) in [5.74, 6) is 2.08. The van der Waals surface area contributed by atoms with Gasteiger partial charge < -0.3 is 9.64 Å². The van der Waals surface area contributed by atoms with Crippen molar-refractivity contribution < 1.29 is 9.13 Å². The maximum absolute atomic E-state index is 13.3. The van der Waals surface area contributed by atoms with Crippen molar-refractivity contribution in [1.29, 1.82) is 0 Å². The highest BCUT2D eigenvalue weighted by atomic mass is 19.1. The van der Waals surface area contributed by atoms with Crippen molar-refractivity contribution in [3.63, 3.8) is 0 Å². The molecular weight excluding hydrogens is 333 g/mol. The molecule has 1 fully saturated rings. The van der Waals surface area contributed by atoms with Crippen molar-refractivity contribution in [3.05, 3.63) is 47.0 Å². The topological polar surface area (TPSA) is 55.5 Å². The van der Waals surface area contributed by atoms with Crippen molar-refractivity contribution in [1.82, 2.24) is 19.8 Å². The van der Waals surface area contributed by atoms with Crippen molar-refractivity contribution in [3.8, 4) is 5.75 Å². The lowest BCUT2D eigenvalue weighted by molar-refractivity contribution is 0.170. The molecule has 0 unspecified atom stereocenters. The molecule has 0 N–H and O–H groups in total. The Hall–Kier alpha value is -2.70. The van der Waals surface area contributed by atoms with Crippen LogP contribution < -0.4 is 9.64 Å². The summed E-state index contributed by atoms with van der Waals surface area (Å²) in [6.45, 7) is 7.74. The van der Waals surface area contributed by atoms with E-state index in [1.54, 1.807) is 12.1 Å². The lowest BCUT2D eigenvalue weighted by Gasteiger charge is -2.33. The number of hydrogen-bond donors (Lipinski definition) is 0. The molecule has 0 bridgehead atoms. The van der Waals surface area contributed by atoms with Gasteiger partial charge in [0, 0.05) is 43.1 Å². The van der Waals surface area contributed by atoms with Crippen molar-refractivity contribution in [2.75, 3.05) is 18.0 Å². The first-order valence-corrected chi connectivity index (χ1v) is 8.89. The molecule has 3 aromatic rings. The summed E-state index contributed by atoms with van der Waals surface area (Å²) in [7, 11) is 0. The Labute approximate surface area is 151 Å². The summed E-state index contributed by atoms with van der Waals surface area (Å²) in [6, 6.07) is 6.33. The molecule has 1 aliphatic rings. The van der Waals surface area contributed by atoms with Crippen molar-refractivity contribution >= 4 is 11.5 Å². The third-order valence-electron chi connectivity index (χ3n) is 5.06. The molecule has 136 valence electrons. The Balaban J connectivity index is 1.50. The molecule has 1 saturated heterocycles. The second-order valence-corrected chi connectivity index (χ2v) is 6.82. The summed E-state index contributed by atoms with van der Waals surface area (Å²) in [6.07, 6.45) is 1.83. The lowest BCUT2D eigenvalue weighted by Crippen LogP contribution is -2.39. The quantitative estimate of drug-likeness (QED) is 0.722. The fourth-order valence-electron chi connectivity index (χ4n) is 3.44. The van der Waals surface area contributed by atoms with Gasteiger partial charge in [-0.15, -0.1) is 15.3 Å². The summed E-state index contributed by atoms with van der Waals surface area (Å²) < 4.78 is 21.1. The van der Waals surface area contributed by atoms with E-state index in [9.17, 15) is 4.39 Å². The molecule has 1 aromatic carbocycles. The number of anilines is 1. The van der Waals surface area contributed by atoms with Gasteiger partial charge in [0.2, 0.25) is 0 Å². The minimum absolute atomic E-state index is 0.0924. The van der Waals surface area contributed by atoms with E-state index in [2.05, 4.69) is 28.9 Å². The zero-order chi connectivity index (χ0) is 18.3. The van der Waals surface area contributed by atoms with Gasteiger partial charge in [0.25, 0.3) is 0 Å². The highest BCUT2D eigenvalue weighted by Gasteiger charge is 2.24. The number of fused-ring (bicyclic) bond motifs is 1. The molecule has 3 heterocycles. The zero-order valence-electron chi connectivity index (χ0n) is 15.2. The fourth-order valence-corrected chi connectivity index (χ4v) is 3.44. The summed E-state index contributed by atoms with van der Waals surface area (Å²) in [5, 5.41) is 13.1. The predicted molar refractivity (Wildman–Crippen MR) is 97.3 cm³/mol. The maximum Gasteiger partial charge on any atom is 0.181 e. The second-order valence-electron chi connectivity index (χ2n) is 6.82. The monoisotopic (exact) mass is 355 g/mol. The number of rotatable bonds is 3. The Morgan fingerprint density at radius 2 is 1.85 bits per heavy atom. The lowest BCUT2D eigenvalue weighted by atomic mass is 10.1. The van der Waals surface area contributed by atoms with Crippen molar-refractivity contribution in [2.45, 2.75) is 39.7 Å². The molecular formula is C19H22FN5O. The first kappa shape index (κ1) is 16.8. The third kappa shape index (κ3) is 2.98. The molecule has 0 atom stereocenters. The fraction of sp³-hybridized carbons (Fsp3) is 0.421. The molecule has 0 saturated carbocycles. The third-order valence-corrected chi connectivity index (χ3v) is 5.06. The average Bonchev–Trinajstić information content (AvgIpc) is 3.00. The van der Waals surface area contributed by atoms with Gasteiger partial charge in [-0.25, -0.2) is 4.39 Å². The van der Waals surface area contributed by atoms with Crippen LogP contribution in [0.25, 0.3) is 5.65 Å². The number of aryl methyl sites for hydroxylation is 2. The molecule has 0 aliphatic carbocycles. The minimum atomic E-state index is -0.271.